The minimum Gasteiger partial charge on any atom is -0.445 e. The number of hydrogen-bond acceptors (Lipinski definition) is 2. The smallest absolute Gasteiger partial charge is 0.411 e. The minimum atomic E-state index is -0.328. The molecule has 0 bridgehead atoms. The van der Waals surface area contributed by atoms with Crippen molar-refractivity contribution in [2.24, 2.45) is 0 Å². The largest absolute Gasteiger partial charge is 0.445 e. The third-order valence-corrected chi connectivity index (χ3v) is 4.85. The van der Waals surface area contributed by atoms with Gasteiger partial charge in [0.2, 0.25) is 0 Å². The molecule has 0 spiro atoms. The van der Waals surface area contributed by atoms with E-state index >= 15 is 0 Å². The monoisotopic (exact) mass is 367 g/mol. The molecule has 1 atom stereocenters. The molecule has 3 aromatic carbocycles. The predicted octanol–water partition coefficient (Wildman–Crippen LogP) is 4.97. The second-order valence-electron chi connectivity index (χ2n) is 6.72. The Balaban J connectivity index is 1.58. The second-order valence-corrected chi connectivity index (χ2v) is 6.72. The van der Waals surface area contributed by atoms with Gasteiger partial charge in [0.15, 0.2) is 0 Å². The molecule has 1 aliphatic heterocycles. The number of carbonyl (C=O) groups is 1. The van der Waals surface area contributed by atoms with E-state index in [-0.39, 0.29) is 18.7 Å². The van der Waals surface area contributed by atoms with Crippen LogP contribution < -0.4 is 0 Å². The molecule has 3 nitrogen and oxygen atoms in total. The highest BCUT2D eigenvalue weighted by Gasteiger charge is 2.30. The molecule has 28 heavy (non-hydrogen) atoms. The lowest BCUT2D eigenvalue weighted by molar-refractivity contribution is 0.0862. The highest BCUT2D eigenvalue weighted by molar-refractivity contribution is 5.70. The summed E-state index contributed by atoms with van der Waals surface area (Å²) < 4.78 is 5.58. The Kier molecular flexibility index (Phi) is 5.40. The molecule has 1 unspecified atom stereocenters. The second kappa shape index (κ2) is 8.45. The lowest BCUT2D eigenvalue weighted by Crippen LogP contribution is -2.39. The first-order chi connectivity index (χ1) is 13.8. The van der Waals surface area contributed by atoms with Gasteiger partial charge < -0.3 is 4.74 Å². The molecule has 0 saturated heterocycles. The standard InChI is InChI=1S/C25H21NO2/c27-25(28-19-21-11-5-2-6-12-21)26-18-17-22-13-7-8-14-23(22)24(26)16-15-20-9-3-1-4-10-20/h1-14,24H,17-19H2. The summed E-state index contributed by atoms with van der Waals surface area (Å²) in [4.78, 5) is 14.6. The van der Waals surface area contributed by atoms with Gasteiger partial charge >= 0.3 is 6.09 Å². The summed E-state index contributed by atoms with van der Waals surface area (Å²) in [5.41, 5.74) is 4.22. The molecule has 138 valence electrons. The number of amides is 1. The van der Waals surface area contributed by atoms with E-state index in [0.29, 0.717) is 6.54 Å². The van der Waals surface area contributed by atoms with E-state index < -0.39 is 0 Å². The molecule has 0 aliphatic carbocycles. The first-order valence-electron chi connectivity index (χ1n) is 9.43. The zero-order valence-corrected chi connectivity index (χ0v) is 15.5. The van der Waals surface area contributed by atoms with Crippen molar-refractivity contribution in [1.82, 2.24) is 4.90 Å². The maximum Gasteiger partial charge on any atom is 0.411 e. The third-order valence-electron chi connectivity index (χ3n) is 4.85. The molecule has 1 amide bonds. The van der Waals surface area contributed by atoms with Crippen molar-refractivity contribution in [3.05, 3.63) is 107 Å². The van der Waals surface area contributed by atoms with Crippen LogP contribution in [0.1, 0.15) is 28.3 Å². The first kappa shape index (κ1) is 17.9. The van der Waals surface area contributed by atoms with Crippen molar-refractivity contribution in [2.45, 2.75) is 19.1 Å². The molecule has 3 heteroatoms. The summed E-state index contributed by atoms with van der Waals surface area (Å²) in [7, 11) is 0. The van der Waals surface area contributed by atoms with Crippen LogP contribution >= 0.6 is 0 Å². The van der Waals surface area contributed by atoms with E-state index in [0.717, 1.165) is 23.1 Å². The van der Waals surface area contributed by atoms with Gasteiger partial charge in [0.1, 0.15) is 12.6 Å². The summed E-state index contributed by atoms with van der Waals surface area (Å²) in [5.74, 6) is 6.51. The van der Waals surface area contributed by atoms with Crippen LogP contribution in [0, 0.1) is 11.8 Å². The number of fused-ring (bicyclic) bond motifs is 1. The molecule has 1 heterocycles. The van der Waals surface area contributed by atoms with E-state index in [1.54, 1.807) is 4.90 Å². The van der Waals surface area contributed by atoms with Gasteiger partial charge in [-0.3, -0.25) is 4.90 Å². The minimum absolute atomic E-state index is 0.261. The van der Waals surface area contributed by atoms with Crippen LogP contribution in [0.5, 0.6) is 0 Å². The third kappa shape index (κ3) is 4.07. The summed E-state index contributed by atoms with van der Waals surface area (Å²) in [6.07, 6.45) is 0.478. The van der Waals surface area contributed by atoms with Gasteiger partial charge in [-0.05, 0) is 35.2 Å². The summed E-state index contributed by atoms with van der Waals surface area (Å²) in [6.45, 7) is 0.857. The van der Waals surface area contributed by atoms with E-state index in [1.165, 1.54) is 5.56 Å². The Morgan fingerprint density at radius 1 is 0.929 bits per heavy atom. The van der Waals surface area contributed by atoms with Crippen LogP contribution in [0.4, 0.5) is 4.79 Å². The Bertz CT molecular complexity index is 1000. The highest BCUT2D eigenvalue weighted by atomic mass is 16.6. The highest BCUT2D eigenvalue weighted by Crippen LogP contribution is 2.30. The van der Waals surface area contributed by atoms with Crippen molar-refractivity contribution in [3.63, 3.8) is 0 Å². The Morgan fingerprint density at radius 3 is 2.39 bits per heavy atom. The van der Waals surface area contributed by atoms with Gasteiger partial charge in [-0.25, -0.2) is 4.79 Å². The predicted molar refractivity (Wildman–Crippen MR) is 110 cm³/mol. The molecular weight excluding hydrogens is 346 g/mol. The molecule has 1 aliphatic rings. The zero-order valence-electron chi connectivity index (χ0n) is 15.5. The lowest BCUT2D eigenvalue weighted by atomic mass is 9.93. The van der Waals surface area contributed by atoms with Crippen molar-refractivity contribution in [2.75, 3.05) is 6.54 Å². The van der Waals surface area contributed by atoms with Crippen LogP contribution in [-0.2, 0) is 17.8 Å². The Labute approximate surface area is 165 Å². The van der Waals surface area contributed by atoms with Crippen molar-refractivity contribution in [3.8, 4) is 11.8 Å². The number of hydrogen-bond donors (Lipinski definition) is 0. The summed E-state index contributed by atoms with van der Waals surface area (Å²) in [5, 5.41) is 0. The molecule has 0 saturated carbocycles. The van der Waals surface area contributed by atoms with Crippen LogP contribution in [0.15, 0.2) is 84.9 Å². The number of rotatable bonds is 2. The quantitative estimate of drug-likeness (QED) is 0.598. The first-order valence-corrected chi connectivity index (χ1v) is 9.43. The van der Waals surface area contributed by atoms with Crippen LogP contribution in [0.3, 0.4) is 0 Å². The van der Waals surface area contributed by atoms with Crippen molar-refractivity contribution < 1.29 is 9.53 Å². The zero-order chi connectivity index (χ0) is 19.2. The van der Waals surface area contributed by atoms with E-state index in [9.17, 15) is 4.79 Å². The van der Waals surface area contributed by atoms with Crippen LogP contribution in [0.25, 0.3) is 0 Å². The van der Waals surface area contributed by atoms with Gasteiger partial charge in [0, 0.05) is 12.1 Å². The fraction of sp³-hybridized carbons (Fsp3) is 0.160. The SMILES string of the molecule is O=C(OCc1ccccc1)N1CCc2ccccc2C1C#Cc1ccccc1. The Hall–Kier alpha value is -3.51. The van der Waals surface area contributed by atoms with E-state index in [1.807, 2.05) is 72.8 Å². The molecule has 4 rings (SSSR count). The normalized spacial score (nSPS) is 15.1. The van der Waals surface area contributed by atoms with Gasteiger partial charge in [-0.15, -0.1) is 0 Å². The maximum absolute atomic E-state index is 12.8. The lowest BCUT2D eigenvalue weighted by Gasteiger charge is -2.33. The number of benzene rings is 3. The molecule has 3 aromatic rings. The topological polar surface area (TPSA) is 29.5 Å². The molecule has 0 N–H and O–H groups in total. The van der Waals surface area contributed by atoms with Crippen molar-refractivity contribution >= 4 is 6.09 Å². The van der Waals surface area contributed by atoms with Crippen molar-refractivity contribution in [1.29, 1.82) is 0 Å². The summed E-state index contributed by atoms with van der Waals surface area (Å²) in [6, 6.07) is 27.4. The molecule has 0 aromatic heterocycles. The van der Waals surface area contributed by atoms with Gasteiger partial charge in [-0.1, -0.05) is 84.6 Å². The summed E-state index contributed by atoms with van der Waals surface area (Å²) >= 11 is 0. The fourth-order valence-corrected chi connectivity index (χ4v) is 3.39. The van der Waals surface area contributed by atoms with Gasteiger partial charge in [-0.2, -0.15) is 0 Å². The number of carbonyl (C=O) groups excluding carboxylic acids is 1. The Morgan fingerprint density at radius 2 is 1.61 bits per heavy atom. The maximum atomic E-state index is 12.8. The van der Waals surface area contributed by atoms with E-state index in [4.69, 9.17) is 4.74 Å². The number of ether oxygens (including phenoxy) is 1. The molecule has 0 fully saturated rings. The van der Waals surface area contributed by atoms with Gasteiger partial charge in [0.25, 0.3) is 0 Å². The molecule has 0 radical (unpaired) electrons. The van der Waals surface area contributed by atoms with Gasteiger partial charge in [0.05, 0.1) is 0 Å². The number of nitrogens with zero attached hydrogens (tertiary/aromatic N) is 1. The van der Waals surface area contributed by atoms with Crippen LogP contribution in [-0.4, -0.2) is 17.5 Å². The average Bonchev–Trinajstić information content (AvgIpc) is 2.77. The molecular formula is C25H21NO2. The van der Waals surface area contributed by atoms with E-state index in [2.05, 4.69) is 24.0 Å². The van der Waals surface area contributed by atoms with Crippen LogP contribution in [0.2, 0.25) is 0 Å². The average molecular weight is 367 g/mol. The fourth-order valence-electron chi connectivity index (χ4n) is 3.39.